The van der Waals surface area contributed by atoms with E-state index in [0.717, 1.165) is 12.0 Å². The van der Waals surface area contributed by atoms with Gasteiger partial charge in [-0.3, -0.25) is 10.1 Å². The highest BCUT2D eigenvalue weighted by atomic mass is 16.6. The second-order valence-electron chi connectivity index (χ2n) is 3.23. The van der Waals surface area contributed by atoms with Gasteiger partial charge in [-0.1, -0.05) is 18.2 Å². The van der Waals surface area contributed by atoms with E-state index in [1.165, 1.54) is 0 Å². The third-order valence-electron chi connectivity index (χ3n) is 2.15. The minimum Gasteiger partial charge on any atom is -0.330 e. The van der Waals surface area contributed by atoms with Crippen LogP contribution >= 0.6 is 0 Å². The second kappa shape index (κ2) is 4.72. The first-order valence-electron chi connectivity index (χ1n) is 4.59. The maximum atomic E-state index is 10.8. The Balaban J connectivity index is 3.02. The summed E-state index contributed by atoms with van der Waals surface area (Å²) in [7, 11) is 0. The van der Waals surface area contributed by atoms with Gasteiger partial charge in [0.05, 0.1) is 4.92 Å². The van der Waals surface area contributed by atoms with Gasteiger partial charge >= 0.3 is 0 Å². The molecule has 2 N–H and O–H groups in total. The normalized spacial score (nSPS) is 10.1. The standard InChI is InChI=1S/C10H14N2O2/c1-8-4-2-5-9(6-3-7-11)10(8)12(13)14/h2,4-5H,3,6-7,11H2,1H3. The molecule has 0 saturated heterocycles. The number of benzene rings is 1. The van der Waals surface area contributed by atoms with E-state index in [-0.39, 0.29) is 10.6 Å². The number of nitro benzene ring substituents is 1. The van der Waals surface area contributed by atoms with Gasteiger partial charge in [-0.25, -0.2) is 0 Å². The van der Waals surface area contributed by atoms with Gasteiger partial charge in [-0.05, 0) is 26.3 Å². The molecule has 4 heteroatoms. The molecule has 0 amide bonds. The zero-order valence-electron chi connectivity index (χ0n) is 8.19. The number of nitro groups is 1. The zero-order valence-corrected chi connectivity index (χ0v) is 8.19. The Morgan fingerprint density at radius 3 is 2.79 bits per heavy atom. The van der Waals surface area contributed by atoms with Crippen molar-refractivity contribution >= 4 is 5.69 Å². The summed E-state index contributed by atoms with van der Waals surface area (Å²) in [6.07, 6.45) is 1.46. The first-order valence-corrected chi connectivity index (χ1v) is 4.59. The number of hydrogen-bond acceptors (Lipinski definition) is 3. The topological polar surface area (TPSA) is 69.2 Å². The smallest absolute Gasteiger partial charge is 0.275 e. The van der Waals surface area contributed by atoms with Crippen LogP contribution in [0.2, 0.25) is 0 Å². The van der Waals surface area contributed by atoms with Gasteiger partial charge in [-0.2, -0.15) is 0 Å². The van der Waals surface area contributed by atoms with Crippen LogP contribution in [-0.2, 0) is 6.42 Å². The molecule has 0 bridgehead atoms. The van der Waals surface area contributed by atoms with Crippen LogP contribution in [-0.4, -0.2) is 11.5 Å². The van der Waals surface area contributed by atoms with Gasteiger partial charge < -0.3 is 5.73 Å². The van der Waals surface area contributed by atoms with Crippen molar-refractivity contribution in [3.8, 4) is 0 Å². The lowest BCUT2D eigenvalue weighted by Crippen LogP contribution is -2.03. The van der Waals surface area contributed by atoms with E-state index in [1.54, 1.807) is 19.1 Å². The van der Waals surface area contributed by atoms with Crippen molar-refractivity contribution in [2.24, 2.45) is 5.73 Å². The van der Waals surface area contributed by atoms with Gasteiger partial charge in [0.1, 0.15) is 0 Å². The lowest BCUT2D eigenvalue weighted by atomic mass is 10.0. The molecule has 1 aromatic rings. The largest absolute Gasteiger partial charge is 0.330 e. The Bertz CT molecular complexity index is 337. The summed E-state index contributed by atoms with van der Waals surface area (Å²) < 4.78 is 0. The molecule has 0 aliphatic carbocycles. The van der Waals surface area contributed by atoms with Crippen molar-refractivity contribution in [1.82, 2.24) is 0 Å². The summed E-state index contributed by atoms with van der Waals surface area (Å²) in [4.78, 5) is 10.5. The van der Waals surface area contributed by atoms with E-state index >= 15 is 0 Å². The van der Waals surface area contributed by atoms with Crippen LogP contribution in [0.15, 0.2) is 18.2 Å². The lowest BCUT2D eigenvalue weighted by Gasteiger charge is -2.03. The number of nitrogens with two attached hydrogens (primary N) is 1. The number of rotatable bonds is 4. The van der Waals surface area contributed by atoms with E-state index in [0.29, 0.717) is 18.5 Å². The maximum Gasteiger partial charge on any atom is 0.275 e. The Morgan fingerprint density at radius 1 is 1.50 bits per heavy atom. The van der Waals surface area contributed by atoms with Crippen LogP contribution in [0.25, 0.3) is 0 Å². The number of hydrogen-bond donors (Lipinski definition) is 1. The second-order valence-corrected chi connectivity index (χ2v) is 3.23. The number of para-hydroxylation sites is 1. The van der Waals surface area contributed by atoms with Crippen molar-refractivity contribution < 1.29 is 4.92 Å². The van der Waals surface area contributed by atoms with Crippen molar-refractivity contribution in [2.45, 2.75) is 19.8 Å². The molecule has 14 heavy (non-hydrogen) atoms. The highest BCUT2D eigenvalue weighted by molar-refractivity contribution is 5.47. The fraction of sp³-hybridized carbons (Fsp3) is 0.400. The van der Waals surface area contributed by atoms with Crippen molar-refractivity contribution in [3.05, 3.63) is 39.4 Å². The molecule has 0 aliphatic heterocycles. The Morgan fingerprint density at radius 2 is 2.21 bits per heavy atom. The molecule has 0 saturated carbocycles. The maximum absolute atomic E-state index is 10.8. The van der Waals surface area contributed by atoms with E-state index in [2.05, 4.69) is 0 Å². The molecule has 0 spiro atoms. The fourth-order valence-electron chi connectivity index (χ4n) is 1.48. The van der Waals surface area contributed by atoms with E-state index < -0.39 is 0 Å². The fourth-order valence-corrected chi connectivity index (χ4v) is 1.48. The Hall–Kier alpha value is -1.42. The van der Waals surface area contributed by atoms with Crippen molar-refractivity contribution in [2.75, 3.05) is 6.54 Å². The first-order chi connectivity index (χ1) is 6.66. The van der Waals surface area contributed by atoms with Gasteiger partial charge in [0.2, 0.25) is 0 Å². The SMILES string of the molecule is Cc1cccc(CCCN)c1[N+](=O)[O-]. The van der Waals surface area contributed by atoms with Crippen LogP contribution < -0.4 is 5.73 Å². The van der Waals surface area contributed by atoms with Gasteiger partial charge in [0.15, 0.2) is 0 Å². The molecule has 0 unspecified atom stereocenters. The van der Waals surface area contributed by atoms with Crippen LogP contribution in [0.3, 0.4) is 0 Å². The quantitative estimate of drug-likeness (QED) is 0.586. The minimum atomic E-state index is -0.318. The van der Waals surface area contributed by atoms with Gasteiger partial charge in [0, 0.05) is 11.1 Å². The predicted molar refractivity (Wildman–Crippen MR) is 55.2 cm³/mol. The lowest BCUT2D eigenvalue weighted by molar-refractivity contribution is -0.386. The van der Waals surface area contributed by atoms with E-state index in [1.807, 2.05) is 6.07 Å². The van der Waals surface area contributed by atoms with Crippen LogP contribution in [0.5, 0.6) is 0 Å². The Kier molecular flexibility index (Phi) is 3.59. The van der Waals surface area contributed by atoms with Crippen LogP contribution in [0.1, 0.15) is 17.5 Å². The summed E-state index contributed by atoms with van der Waals surface area (Å²) in [6, 6.07) is 5.39. The summed E-state index contributed by atoms with van der Waals surface area (Å²) in [5.41, 5.74) is 7.10. The Labute approximate surface area is 82.9 Å². The number of nitrogens with zero attached hydrogens (tertiary/aromatic N) is 1. The molecule has 76 valence electrons. The molecule has 0 aromatic heterocycles. The molecular formula is C10H14N2O2. The van der Waals surface area contributed by atoms with Gasteiger partial charge in [-0.15, -0.1) is 0 Å². The highest BCUT2D eigenvalue weighted by Crippen LogP contribution is 2.23. The number of aryl methyl sites for hydroxylation is 2. The molecule has 0 aliphatic rings. The highest BCUT2D eigenvalue weighted by Gasteiger charge is 2.15. The van der Waals surface area contributed by atoms with Gasteiger partial charge in [0.25, 0.3) is 5.69 Å². The van der Waals surface area contributed by atoms with E-state index in [9.17, 15) is 10.1 Å². The van der Waals surface area contributed by atoms with E-state index in [4.69, 9.17) is 5.73 Å². The monoisotopic (exact) mass is 194 g/mol. The zero-order chi connectivity index (χ0) is 10.6. The third kappa shape index (κ3) is 2.29. The molecule has 0 fully saturated rings. The molecule has 1 rings (SSSR count). The molecule has 0 heterocycles. The van der Waals surface area contributed by atoms with Crippen molar-refractivity contribution in [3.63, 3.8) is 0 Å². The molecule has 1 aromatic carbocycles. The summed E-state index contributed by atoms with van der Waals surface area (Å²) in [5.74, 6) is 0. The first kappa shape index (κ1) is 10.7. The minimum absolute atomic E-state index is 0.237. The summed E-state index contributed by atoms with van der Waals surface area (Å²) in [5, 5.41) is 10.8. The average molecular weight is 194 g/mol. The van der Waals surface area contributed by atoms with Crippen molar-refractivity contribution in [1.29, 1.82) is 0 Å². The molecule has 4 nitrogen and oxygen atoms in total. The van der Waals surface area contributed by atoms with Crippen LogP contribution in [0.4, 0.5) is 5.69 Å². The molecule has 0 radical (unpaired) electrons. The molecule has 0 atom stereocenters. The predicted octanol–water partition coefficient (Wildman–Crippen LogP) is 1.79. The van der Waals surface area contributed by atoms with Crippen LogP contribution in [0, 0.1) is 17.0 Å². The summed E-state index contributed by atoms with van der Waals surface area (Å²) in [6.45, 7) is 2.31. The summed E-state index contributed by atoms with van der Waals surface area (Å²) >= 11 is 0. The third-order valence-corrected chi connectivity index (χ3v) is 2.15. The average Bonchev–Trinajstić information content (AvgIpc) is 2.14. The molecular weight excluding hydrogens is 180 g/mol.